The highest BCUT2D eigenvalue weighted by Gasteiger charge is 2.21. The molecule has 0 spiro atoms. The minimum absolute atomic E-state index is 0.0339. The van der Waals surface area contributed by atoms with Crippen molar-refractivity contribution >= 4 is 11.5 Å². The topological polar surface area (TPSA) is 68.5 Å². The first-order valence-electron chi connectivity index (χ1n) is 6.64. The molecule has 6 heteroatoms. The molecule has 1 fully saturated rings. The highest BCUT2D eigenvalue weighted by Crippen LogP contribution is 2.23. The third kappa shape index (κ3) is 3.64. The lowest BCUT2D eigenvalue weighted by Gasteiger charge is -2.33. The molecule has 104 valence electrons. The molecule has 1 aliphatic heterocycles. The average molecular weight is 265 g/mol. The third-order valence-electron chi connectivity index (χ3n) is 3.34. The predicted molar refractivity (Wildman–Crippen MR) is 72.3 cm³/mol. The number of nitrogens with zero attached hydrogens (tertiary/aromatic N) is 3. The first-order valence-corrected chi connectivity index (χ1v) is 6.64. The van der Waals surface area contributed by atoms with Crippen LogP contribution in [0, 0.1) is 16.0 Å². The molecule has 0 radical (unpaired) electrons. The standard InChI is InChI=1S/C13H19N3O3/c1-2-19-10-11-4-3-7-15(9-11)13-6-5-12(8-14-13)16(17)18/h5-6,8,11H,2-4,7,9-10H2,1H3. The fraction of sp³-hybridized carbons (Fsp3) is 0.615. The summed E-state index contributed by atoms with van der Waals surface area (Å²) in [7, 11) is 0. The number of nitro groups is 1. The van der Waals surface area contributed by atoms with Crippen LogP contribution in [-0.4, -0.2) is 36.2 Å². The first kappa shape index (κ1) is 13.7. The predicted octanol–water partition coefficient (Wildman–Crippen LogP) is 2.24. The zero-order valence-electron chi connectivity index (χ0n) is 11.1. The molecule has 1 aliphatic rings. The van der Waals surface area contributed by atoms with Crippen LogP contribution in [0.2, 0.25) is 0 Å². The van der Waals surface area contributed by atoms with Gasteiger partial charge in [0.25, 0.3) is 5.69 Å². The molecule has 1 saturated heterocycles. The summed E-state index contributed by atoms with van der Waals surface area (Å²) in [6.07, 6.45) is 3.60. The van der Waals surface area contributed by atoms with E-state index >= 15 is 0 Å². The minimum atomic E-state index is -0.426. The number of aromatic nitrogens is 1. The van der Waals surface area contributed by atoms with Gasteiger partial charge in [-0.25, -0.2) is 4.98 Å². The Kier molecular flexibility index (Phi) is 4.68. The van der Waals surface area contributed by atoms with E-state index in [4.69, 9.17) is 4.74 Å². The van der Waals surface area contributed by atoms with E-state index in [1.165, 1.54) is 18.7 Å². The van der Waals surface area contributed by atoms with E-state index in [9.17, 15) is 10.1 Å². The molecule has 6 nitrogen and oxygen atoms in total. The van der Waals surface area contributed by atoms with Crippen LogP contribution in [0.15, 0.2) is 18.3 Å². The summed E-state index contributed by atoms with van der Waals surface area (Å²) < 4.78 is 5.47. The molecule has 0 aliphatic carbocycles. The Bertz CT molecular complexity index is 422. The molecule has 0 N–H and O–H groups in total. The van der Waals surface area contributed by atoms with Gasteiger partial charge >= 0.3 is 0 Å². The average Bonchev–Trinajstić information content (AvgIpc) is 2.45. The molecule has 1 atom stereocenters. The molecule has 2 rings (SSSR count). The quantitative estimate of drug-likeness (QED) is 0.603. The van der Waals surface area contributed by atoms with Crippen molar-refractivity contribution in [1.82, 2.24) is 4.98 Å². The van der Waals surface area contributed by atoms with Crippen molar-refractivity contribution in [3.05, 3.63) is 28.4 Å². The largest absolute Gasteiger partial charge is 0.381 e. The number of hydrogen-bond acceptors (Lipinski definition) is 5. The molecule has 1 unspecified atom stereocenters. The fourth-order valence-electron chi connectivity index (χ4n) is 2.37. The summed E-state index contributed by atoms with van der Waals surface area (Å²) in [5, 5.41) is 10.6. The van der Waals surface area contributed by atoms with E-state index in [0.29, 0.717) is 5.92 Å². The second-order valence-corrected chi connectivity index (χ2v) is 4.75. The maximum absolute atomic E-state index is 10.6. The number of pyridine rings is 1. The van der Waals surface area contributed by atoms with Crippen molar-refractivity contribution in [2.75, 3.05) is 31.2 Å². The van der Waals surface area contributed by atoms with Crippen molar-refractivity contribution in [3.8, 4) is 0 Å². The lowest BCUT2D eigenvalue weighted by molar-refractivity contribution is -0.385. The van der Waals surface area contributed by atoms with Crippen molar-refractivity contribution in [2.45, 2.75) is 19.8 Å². The number of ether oxygens (including phenoxy) is 1. The molecule has 2 heterocycles. The van der Waals surface area contributed by atoms with Gasteiger partial charge in [0.05, 0.1) is 11.5 Å². The highest BCUT2D eigenvalue weighted by molar-refractivity contribution is 5.43. The van der Waals surface area contributed by atoms with Crippen molar-refractivity contribution in [2.24, 2.45) is 5.92 Å². The summed E-state index contributed by atoms with van der Waals surface area (Å²) in [5.74, 6) is 1.33. The van der Waals surface area contributed by atoms with Crippen LogP contribution < -0.4 is 4.90 Å². The Morgan fingerprint density at radius 3 is 3.05 bits per heavy atom. The van der Waals surface area contributed by atoms with Gasteiger partial charge in [-0.05, 0) is 31.7 Å². The molecule has 1 aromatic heterocycles. The van der Waals surface area contributed by atoms with Gasteiger partial charge < -0.3 is 9.64 Å². The normalized spacial score (nSPS) is 19.4. The molecular formula is C13H19N3O3. The Hall–Kier alpha value is -1.69. The summed E-state index contributed by atoms with van der Waals surface area (Å²) >= 11 is 0. The molecular weight excluding hydrogens is 246 g/mol. The summed E-state index contributed by atoms with van der Waals surface area (Å²) in [5.41, 5.74) is 0.0339. The molecule has 1 aromatic rings. The van der Waals surface area contributed by atoms with Gasteiger partial charge in [-0.1, -0.05) is 0 Å². The second-order valence-electron chi connectivity index (χ2n) is 4.75. The summed E-state index contributed by atoms with van der Waals surface area (Å²) in [6, 6.07) is 3.23. The molecule has 0 amide bonds. The van der Waals surface area contributed by atoms with Gasteiger partial charge in [0.1, 0.15) is 12.0 Å². The van der Waals surface area contributed by atoms with Crippen molar-refractivity contribution in [1.29, 1.82) is 0 Å². The maximum Gasteiger partial charge on any atom is 0.287 e. The van der Waals surface area contributed by atoms with Crippen LogP contribution >= 0.6 is 0 Å². The van der Waals surface area contributed by atoms with Crippen LogP contribution in [-0.2, 0) is 4.74 Å². The van der Waals surface area contributed by atoms with Crippen LogP contribution in [0.25, 0.3) is 0 Å². The minimum Gasteiger partial charge on any atom is -0.381 e. The zero-order valence-corrected chi connectivity index (χ0v) is 11.1. The smallest absolute Gasteiger partial charge is 0.287 e. The van der Waals surface area contributed by atoms with E-state index in [2.05, 4.69) is 9.88 Å². The van der Waals surface area contributed by atoms with Crippen LogP contribution in [0.4, 0.5) is 11.5 Å². The van der Waals surface area contributed by atoms with E-state index in [0.717, 1.165) is 38.5 Å². The maximum atomic E-state index is 10.6. The van der Waals surface area contributed by atoms with Gasteiger partial charge in [0, 0.05) is 25.8 Å². The lowest BCUT2D eigenvalue weighted by atomic mass is 9.99. The van der Waals surface area contributed by atoms with Gasteiger partial charge in [-0.15, -0.1) is 0 Å². The Balaban J connectivity index is 1.98. The number of piperidine rings is 1. The fourth-order valence-corrected chi connectivity index (χ4v) is 2.37. The monoisotopic (exact) mass is 265 g/mol. The molecule has 0 aromatic carbocycles. The Morgan fingerprint density at radius 1 is 1.58 bits per heavy atom. The lowest BCUT2D eigenvalue weighted by Crippen LogP contribution is -2.37. The highest BCUT2D eigenvalue weighted by atomic mass is 16.6. The third-order valence-corrected chi connectivity index (χ3v) is 3.34. The van der Waals surface area contributed by atoms with Gasteiger partial charge in [0.2, 0.25) is 0 Å². The van der Waals surface area contributed by atoms with Crippen LogP contribution in [0.5, 0.6) is 0 Å². The van der Waals surface area contributed by atoms with Gasteiger partial charge in [-0.3, -0.25) is 10.1 Å². The Labute approximate surface area is 112 Å². The van der Waals surface area contributed by atoms with E-state index in [1.54, 1.807) is 6.07 Å². The summed E-state index contributed by atoms with van der Waals surface area (Å²) in [6.45, 7) is 5.38. The van der Waals surface area contributed by atoms with Crippen LogP contribution in [0.3, 0.4) is 0 Å². The molecule has 19 heavy (non-hydrogen) atoms. The van der Waals surface area contributed by atoms with Crippen LogP contribution in [0.1, 0.15) is 19.8 Å². The van der Waals surface area contributed by atoms with E-state index in [1.807, 2.05) is 6.92 Å². The van der Waals surface area contributed by atoms with Crippen molar-refractivity contribution in [3.63, 3.8) is 0 Å². The summed E-state index contributed by atoms with van der Waals surface area (Å²) in [4.78, 5) is 16.5. The number of rotatable bonds is 5. The SMILES string of the molecule is CCOCC1CCCN(c2ccc([N+](=O)[O-])cn2)C1. The number of hydrogen-bond donors (Lipinski definition) is 0. The second kappa shape index (κ2) is 6.47. The zero-order chi connectivity index (χ0) is 13.7. The Morgan fingerprint density at radius 2 is 2.42 bits per heavy atom. The number of anilines is 1. The molecule has 0 saturated carbocycles. The first-order chi connectivity index (χ1) is 9.20. The van der Waals surface area contributed by atoms with Crippen molar-refractivity contribution < 1.29 is 9.66 Å². The van der Waals surface area contributed by atoms with Gasteiger partial charge in [-0.2, -0.15) is 0 Å². The van der Waals surface area contributed by atoms with E-state index < -0.39 is 4.92 Å². The van der Waals surface area contributed by atoms with Gasteiger partial charge in [0.15, 0.2) is 0 Å². The molecule has 0 bridgehead atoms. The van der Waals surface area contributed by atoms with E-state index in [-0.39, 0.29) is 5.69 Å².